The van der Waals surface area contributed by atoms with Crippen molar-refractivity contribution in [1.29, 1.82) is 0 Å². The van der Waals surface area contributed by atoms with Gasteiger partial charge in [0.1, 0.15) is 5.75 Å². The van der Waals surface area contributed by atoms with Gasteiger partial charge >= 0.3 is 0 Å². The third-order valence-corrected chi connectivity index (χ3v) is 3.72. The Morgan fingerprint density at radius 2 is 1.86 bits per heavy atom. The SMILES string of the molecule is CCC(C)Oc1cccc(CNCc2ccccc2C)c1. The average molecular weight is 283 g/mol. The third-order valence-electron chi connectivity index (χ3n) is 3.72. The van der Waals surface area contributed by atoms with Crippen LogP contribution in [0.2, 0.25) is 0 Å². The Hall–Kier alpha value is -1.80. The van der Waals surface area contributed by atoms with Crippen LogP contribution in [0.25, 0.3) is 0 Å². The first-order valence-electron chi connectivity index (χ1n) is 7.70. The van der Waals surface area contributed by atoms with Crippen LogP contribution in [0.1, 0.15) is 37.0 Å². The molecule has 112 valence electrons. The topological polar surface area (TPSA) is 21.3 Å². The second-order valence-corrected chi connectivity index (χ2v) is 5.51. The molecular weight excluding hydrogens is 258 g/mol. The van der Waals surface area contributed by atoms with Crippen LogP contribution >= 0.6 is 0 Å². The van der Waals surface area contributed by atoms with Crippen LogP contribution in [-0.2, 0) is 13.1 Å². The molecule has 0 aliphatic rings. The first kappa shape index (κ1) is 15.6. The number of nitrogens with one attached hydrogen (secondary N) is 1. The van der Waals surface area contributed by atoms with Gasteiger partial charge in [-0.3, -0.25) is 0 Å². The van der Waals surface area contributed by atoms with E-state index >= 15 is 0 Å². The maximum atomic E-state index is 5.86. The lowest BCUT2D eigenvalue weighted by atomic mass is 10.1. The molecule has 0 spiro atoms. The largest absolute Gasteiger partial charge is 0.491 e. The lowest BCUT2D eigenvalue weighted by Gasteiger charge is -2.14. The molecule has 0 aliphatic carbocycles. The molecule has 2 rings (SSSR count). The van der Waals surface area contributed by atoms with Crippen LogP contribution in [-0.4, -0.2) is 6.10 Å². The van der Waals surface area contributed by atoms with Crippen molar-refractivity contribution in [1.82, 2.24) is 5.32 Å². The second-order valence-electron chi connectivity index (χ2n) is 5.51. The average Bonchev–Trinajstić information content (AvgIpc) is 2.49. The number of hydrogen-bond donors (Lipinski definition) is 1. The van der Waals surface area contributed by atoms with Gasteiger partial charge < -0.3 is 10.1 Å². The molecule has 21 heavy (non-hydrogen) atoms. The Labute approximate surface area is 128 Å². The Morgan fingerprint density at radius 1 is 1.05 bits per heavy atom. The normalized spacial score (nSPS) is 12.1. The molecule has 2 nitrogen and oxygen atoms in total. The quantitative estimate of drug-likeness (QED) is 0.810. The summed E-state index contributed by atoms with van der Waals surface area (Å²) in [7, 11) is 0. The molecule has 0 saturated heterocycles. The minimum absolute atomic E-state index is 0.264. The van der Waals surface area contributed by atoms with Crippen LogP contribution in [0.5, 0.6) is 5.75 Å². The van der Waals surface area contributed by atoms with Crippen molar-refractivity contribution in [2.24, 2.45) is 0 Å². The summed E-state index contributed by atoms with van der Waals surface area (Å²) in [6, 6.07) is 16.8. The zero-order chi connectivity index (χ0) is 15.1. The molecule has 0 heterocycles. The van der Waals surface area contributed by atoms with Gasteiger partial charge in [-0.15, -0.1) is 0 Å². The molecular formula is C19H25NO. The van der Waals surface area contributed by atoms with Crippen molar-refractivity contribution in [2.75, 3.05) is 0 Å². The maximum absolute atomic E-state index is 5.86. The lowest BCUT2D eigenvalue weighted by Crippen LogP contribution is -2.14. The fourth-order valence-electron chi connectivity index (χ4n) is 2.19. The van der Waals surface area contributed by atoms with E-state index in [-0.39, 0.29) is 6.10 Å². The van der Waals surface area contributed by atoms with Crippen LogP contribution in [0, 0.1) is 6.92 Å². The van der Waals surface area contributed by atoms with Gasteiger partial charge in [-0.25, -0.2) is 0 Å². The Morgan fingerprint density at radius 3 is 2.62 bits per heavy atom. The van der Waals surface area contributed by atoms with E-state index in [1.165, 1.54) is 16.7 Å². The van der Waals surface area contributed by atoms with Crippen molar-refractivity contribution < 1.29 is 4.74 Å². The van der Waals surface area contributed by atoms with Crippen LogP contribution < -0.4 is 10.1 Å². The Balaban J connectivity index is 1.88. The highest BCUT2D eigenvalue weighted by atomic mass is 16.5. The summed E-state index contributed by atoms with van der Waals surface area (Å²) in [5, 5.41) is 3.50. The van der Waals surface area contributed by atoms with E-state index in [0.717, 1.165) is 25.3 Å². The smallest absolute Gasteiger partial charge is 0.120 e. The molecule has 0 radical (unpaired) electrons. The van der Waals surface area contributed by atoms with Gasteiger partial charge in [-0.1, -0.05) is 43.3 Å². The summed E-state index contributed by atoms with van der Waals surface area (Å²) < 4.78 is 5.86. The number of aryl methyl sites for hydroxylation is 1. The second kappa shape index (κ2) is 7.84. The van der Waals surface area contributed by atoms with Gasteiger partial charge in [0, 0.05) is 13.1 Å². The van der Waals surface area contributed by atoms with Crippen molar-refractivity contribution in [3.8, 4) is 5.75 Å². The summed E-state index contributed by atoms with van der Waals surface area (Å²) >= 11 is 0. The summed E-state index contributed by atoms with van der Waals surface area (Å²) in [4.78, 5) is 0. The molecule has 0 fully saturated rings. The van der Waals surface area contributed by atoms with Crippen molar-refractivity contribution in [2.45, 2.75) is 46.4 Å². The standard InChI is InChI=1S/C19H25NO/c1-4-16(3)21-19-11-7-9-17(12-19)13-20-14-18-10-6-5-8-15(18)2/h5-12,16,20H,4,13-14H2,1-3H3. The highest BCUT2D eigenvalue weighted by molar-refractivity contribution is 5.29. The minimum Gasteiger partial charge on any atom is -0.491 e. The van der Waals surface area contributed by atoms with E-state index < -0.39 is 0 Å². The molecule has 0 aromatic heterocycles. The van der Waals surface area contributed by atoms with Crippen molar-refractivity contribution >= 4 is 0 Å². The van der Waals surface area contributed by atoms with Crippen molar-refractivity contribution in [3.05, 3.63) is 65.2 Å². The van der Waals surface area contributed by atoms with Crippen molar-refractivity contribution in [3.63, 3.8) is 0 Å². The summed E-state index contributed by atoms with van der Waals surface area (Å²) in [6.45, 7) is 8.13. The molecule has 0 aliphatic heterocycles. The number of hydrogen-bond acceptors (Lipinski definition) is 2. The van der Waals surface area contributed by atoms with E-state index in [0.29, 0.717) is 0 Å². The monoisotopic (exact) mass is 283 g/mol. The summed E-state index contributed by atoms with van der Waals surface area (Å²) in [6.07, 6.45) is 1.29. The Bertz CT molecular complexity index is 565. The van der Waals surface area contributed by atoms with Gasteiger partial charge in [0.05, 0.1) is 6.10 Å². The van der Waals surface area contributed by atoms with Gasteiger partial charge in [-0.05, 0) is 49.1 Å². The summed E-state index contributed by atoms with van der Waals surface area (Å²) in [5.74, 6) is 0.958. The zero-order valence-electron chi connectivity index (χ0n) is 13.2. The van der Waals surface area contributed by atoms with Crippen LogP contribution in [0.15, 0.2) is 48.5 Å². The number of benzene rings is 2. The summed E-state index contributed by atoms with van der Waals surface area (Å²) in [5.41, 5.74) is 3.94. The predicted molar refractivity (Wildman–Crippen MR) is 88.5 cm³/mol. The molecule has 2 heteroatoms. The highest BCUT2D eigenvalue weighted by Gasteiger charge is 2.02. The molecule has 1 atom stereocenters. The molecule has 0 amide bonds. The fraction of sp³-hybridized carbons (Fsp3) is 0.368. The molecule has 0 saturated carbocycles. The number of ether oxygens (including phenoxy) is 1. The third kappa shape index (κ3) is 4.91. The Kier molecular flexibility index (Phi) is 5.82. The van der Waals surface area contributed by atoms with E-state index in [1.807, 2.05) is 6.07 Å². The molecule has 1 N–H and O–H groups in total. The molecule has 0 bridgehead atoms. The van der Waals surface area contributed by atoms with E-state index in [2.05, 4.69) is 68.6 Å². The van der Waals surface area contributed by atoms with Gasteiger partial charge in [-0.2, -0.15) is 0 Å². The van der Waals surface area contributed by atoms with Crippen LogP contribution in [0.3, 0.4) is 0 Å². The van der Waals surface area contributed by atoms with Crippen LogP contribution in [0.4, 0.5) is 0 Å². The molecule has 1 unspecified atom stereocenters. The van der Waals surface area contributed by atoms with Gasteiger partial charge in [0.2, 0.25) is 0 Å². The fourth-order valence-corrected chi connectivity index (χ4v) is 2.19. The predicted octanol–water partition coefficient (Wildman–Crippen LogP) is 4.46. The van der Waals surface area contributed by atoms with Gasteiger partial charge in [0.25, 0.3) is 0 Å². The lowest BCUT2D eigenvalue weighted by molar-refractivity contribution is 0.217. The van der Waals surface area contributed by atoms with E-state index in [9.17, 15) is 0 Å². The van der Waals surface area contributed by atoms with E-state index in [4.69, 9.17) is 4.74 Å². The minimum atomic E-state index is 0.264. The maximum Gasteiger partial charge on any atom is 0.120 e. The first-order valence-corrected chi connectivity index (χ1v) is 7.70. The highest BCUT2D eigenvalue weighted by Crippen LogP contribution is 2.16. The zero-order valence-corrected chi connectivity index (χ0v) is 13.2. The first-order chi connectivity index (χ1) is 10.2. The molecule has 2 aromatic carbocycles. The van der Waals surface area contributed by atoms with E-state index in [1.54, 1.807) is 0 Å². The van der Waals surface area contributed by atoms with Gasteiger partial charge in [0.15, 0.2) is 0 Å². The molecule has 2 aromatic rings. The number of rotatable bonds is 7.